The Morgan fingerprint density at radius 2 is 1.93 bits per heavy atom. The van der Waals surface area contributed by atoms with Gasteiger partial charge in [-0.15, -0.1) is 11.3 Å². The Hall–Kier alpha value is -2.88. The molecule has 0 aliphatic carbocycles. The monoisotopic (exact) mass is 409 g/mol. The van der Waals surface area contributed by atoms with Gasteiger partial charge in [0, 0.05) is 24.7 Å². The second-order valence-electron chi connectivity index (χ2n) is 6.07. The maximum Gasteiger partial charge on any atom is 0.420 e. The summed E-state index contributed by atoms with van der Waals surface area (Å²) in [5, 5.41) is 7.30. The van der Waals surface area contributed by atoms with Gasteiger partial charge in [0.2, 0.25) is 0 Å². The van der Waals surface area contributed by atoms with E-state index in [1.165, 1.54) is 13.2 Å². The molecule has 2 N–H and O–H groups in total. The second-order valence-corrected chi connectivity index (χ2v) is 6.93. The first kappa shape index (κ1) is 19.9. The van der Waals surface area contributed by atoms with Gasteiger partial charge in [-0.1, -0.05) is 0 Å². The fourth-order valence-corrected chi connectivity index (χ4v) is 3.07. The molecule has 0 saturated heterocycles. The second kappa shape index (κ2) is 8.01. The third-order valence-electron chi connectivity index (χ3n) is 3.58. The fourth-order valence-electron chi connectivity index (χ4n) is 2.36. The Morgan fingerprint density at radius 3 is 2.61 bits per heavy atom. The van der Waals surface area contributed by atoms with E-state index in [1.807, 2.05) is 13.8 Å². The molecule has 0 spiro atoms. The number of thiazole rings is 1. The van der Waals surface area contributed by atoms with Crippen LogP contribution < -0.4 is 15.4 Å². The summed E-state index contributed by atoms with van der Waals surface area (Å²) in [6.45, 7) is 3.82. The molecule has 6 nitrogen and oxygen atoms in total. The van der Waals surface area contributed by atoms with Crippen molar-refractivity contribution >= 4 is 28.0 Å². The van der Waals surface area contributed by atoms with Crippen LogP contribution in [0.3, 0.4) is 0 Å². The smallest absolute Gasteiger partial charge is 0.420 e. The van der Waals surface area contributed by atoms with Crippen molar-refractivity contribution in [3.8, 4) is 17.1 Å². The molecule has 3 rings (SSSR count). The molecule has 0 fully saturated rings. The Labute approximate surface area is 163 Å². The molecule has 3 aromatic heterocycles. The SMILES string of the molecule is CNc1cnc(Nc2nc(-c3cc(OC(C)C)ccn3)cs2)c(C(F)(F)F)c1. The predicted octanol–water partition coefficient (Wildman–Crippen LogP) is 5.19. The molecule has 0 unspecified atom stereocenters. The molecule has 0 aromatic carbocycles. The van der Waals surface area contributed by atoms with E-state index in [0.717, 1.165) is 17.4 Å². The van der Waals surface area contributed by atoms with Crippen molar-refractivity contribution in [2.75, 3.05) is 17.7 Å². The van der Waals surface area contributed by atoms with Crippen molar-refractivity contribution in [2.45, 2.75) is 26.1 Å². The van der Waals surface area contributed by atoms with Gasteiger partial charge in [-0.05, 0) is 26.0 Å². The molecule has 0 radical (unpaired) electrons. The molecule has 0 saturated carbocycles. The van der Waals surface area contributed by atoms with Gasteiger partial charge in [-0.2, -0.15) is 13.2 Å². The summed E-state index contributed by atoms with van der Waals surface area (Å²) in [5.74, 6) is 0.337. The third kappa shape index (κ3) is 4.69. The van der Waals surface area contributed by atoms with E-state index >= 15 is 0 Å². The quantitative estimate of drug-likeness (QED) is 0.584. The fraction of sp³-hybridized carbons (Fsp3) is 0.278. The van der Waals surface area contributed by atoms with Gasteiger partial charge in [-0.25, -0.2) is 9.97 Å². The molecular weight excluding hydrogens is 391 g/mol. The molecule has 0 amide bonds. The van der Waals surface area contributed by atoms with Crippen LogP contribution in [0.5, 0.6) is 5.75 Å². The van der Waals surface area contributed by atoms with E-state index in [9.17, 15) is 13.2 Å². The number of anilines is 3. The first-order valence-corrected chi connectivity index (χ1v) is 9.25. The van der Waals surface area contributed by atoms with Crippen molar-refractivity contribution in [1.82, 2.24) is 15.0 Å². The minimum absolute atomic E-state index is 0.00959. The van der Waals surface area contributed by atoms with E-state index in [0.29, 0.717) is 17.1 Å². The Balaban J connectivity index is 1.86. The first-order valence-electron chi connectivity index (χ1n) is 8.37. The van der Waals surface area contributed by atoms with Crippen LogP contribution in [0.4, 0.5) is 29.8 Å². The minimum atomic E-state index is -4.55. The van der Waals surface area contributed by atoms with Crippen molar-refractivity contribution < 1.29 is 17.9 Å². The summed E-state index contributed by atoms with van der Waals surface area (Å²) in [6, 6.07) is 4.47. The van der Waals surface area contributed by atoms with E-state index in [2.05, 4.69) is 25.6 Å². The maximum atomic E-state index is 13.3. The van der Waals surface area contributed by atoms with Gasteiger partial charge in [-0.3, -0.25) is 4.98 Å². The zero-order valence-electron chi connectivity index (χ0n) is 15.3. The Morgan fingerprint density at radius 1 is 1.14 bits per heavy atom. The zero-order valence-corrected chi connectivity index (χ0v) is 16.1. The number of hydrogen-bond acceptors (Lipinski definition) is 7. The number of aromatic nitrogens is 3. The standard InChI is InChI=1S/C18H18F3N5OS/c1-10(2)27-12-4-5-23-14(7-12)15-9-28-17(25-15)26-16-13(18(19,20)21)6-11(22-3)8-24-16/h4-10,22H,1-3H3,(H,24,25,26). The molecule has 0 aliphatic heterocycles. The number of rotatable bonds is 6. The van der Waals surface area contributed by atoms with E-state index in [1.54, 1.807) is 23.7 Å². The topological polar surface area (TPSA) is 72.0 Å². The molecule has 10 heteroatoms. The zero-order chi connectivity index (χ0) is 20.3. The number of halogens is 3. The molecule has 3 heterocycles. The van der Waals surface area contributed by atoms with Crippen molar-refractivity contribution in [3.63, 3.8) is 0 Å². The highest BCUT2D eigenvalue weighted by molar-refractivity contribution is 7.14. The highest BCUT2D eigenvalue weighted by Crippen LogP contribution is 2.37. The first-order chi connectivity index (χ1) is 13.3. The highest BCUT2D eigenvalue weighted by atomic mass is 32.1. The van der Waals surface area contributed by atoms with Crippen molar-refractivity contribution in [3.05, 3.63) is 41.5 Å². The largest absolute Gasteiger partial charge is 0.491 e. The van der Waals surface area contributed by atoms with E-state index < -0.39 is 11.7 Å². The molecule has 0 aliphatic rings. The van der Waals surface area contributed by atoms with E-state index in [4.69, 9.17) is 4.74 Å². The molecule has 3 aromatic rings. The van der Waals surface area contributed by atoms with Crippen LogP contribution in [0.1, 0.15) is 19.4 Å². The van der Waals surface area contributed by atoms with Gasteiger partial charge in [0.1, 0.15) is 22.8 Å². The predicted molar refractivity (Wildman–Crippen MR) is 103 cm³/mol. The number of nitrogens with one attached hydrogen (secondary N) is 2. The van der Waals surface area contributed by atoms with Gasteiger partial charge in [0.25, 0.3) is 0 Å². The van der Waals surface area contributed by atoms with Gasteiger partial charge in [0.15, 0.2) is 5.13 Å². The van der Waals surface area contributed by atoms with Crippen LogP contribution in [-0.4, -0.2) is 28.1 Å². The van der Waals surface area contributed by atoms with Crippen molar-refractivity contribution in [2.24, 2.45) is 0 Å². The minimum Gasteiger partial charge on any atom is -0.491 e. The highest BCUT2D eigenvalue weighted by Gasteiger charge is 2.35. The van der Waals surface area contributed by atoms with Gasteiger partial charge < -0.3 is 15.4 Å². The number of hydrogen-bond donors (Lipinski definition) is 2. The van der Waals surface area contributed by atoms with Crippen LogP contribution >= 0.6 is 11.3 Å². The summed E-state index contributed by atoms with van der Waals surface area (Å²) < 4.78 is 45.6. The van der Waals surface area contributed by atoms with E-state index in [-0.39, 0.29) is 22.7 Å². The van der Waals surface area contributed by atoms with Crippen LogP contribution in [0.2, 0.25) is 0 Å². The average molecular weight is 409 g/mol. The summed E-state index contributed by atoms with van der Waals surface area (Å²) in [4.78, 5) is 12.5. The maximum absolute atomic E-state index is 13.3. The Bertz CT molecular complexity index is 958. The van der Waals surface area contributed by atoms with Crippen molar-refractivity contribution in [1.29, 1.82) is 0 Å². The lowest BCUT2D eigenvalue weighted by molar-refractivity contribution is -0.137. The molecule has 0 atom stereocenters. The lowest BCUT2D eigenvalue weighted by Crippen LogP contribution is -2.11. The number of alkyl halides is 3. The summed E-state index contributed by atoms with van der Waals surface area (Å²) in [5.41, 5.74) is 0.490. The molecular formula is C18H18F3N5OS. The summed E-state index contributed by atoms with van der Waals surface area (Å²) >= 11 is 1.16. The molecule has 148 valence electrons. The number of pyridine rings is 2. The van der Waals surface area contributed by atoms with Crippen LogP contribution in [0.15, 0.2) is 36.0 Å². The normalized spacial score (nSPS) is 11.5. The summed E-state index contributed by atoms with van der Waals surface area (Å²) in [7, 11) is 1.53. The lowest BCUT2D eigenvalue weighted by Gasteiger charge is -2.13. The average Bonchev–Trinajstić information content (AvgIpc) is 3.09. The molecule has 28 heavy (non-hydrogen) atoms. The summed E-state index contributed by atoms with van der Waals surface area (Å²) in [6.07, 6.45) is -1.62. The Kier molecular flexibility index (Phi) is 5.68. The third-order valence-corrected chi connectivity index (χ3v) is 4.33. The van der Waals surface area contributed by atoms with Crippen LogP contribution in [-0.2, 0) is 6.18 Å². The molecule has 0 bridgehead atoms. The number of nitrogens with zero attached hydrogens (tertiary/aromatic N) is 3. The van der Waals surface area contributed by atoms with Crippen LogP contribution in [0, 0.1) is 0 Å². The van der Waals surface area contributed by atoms with Gasteiger partial charge >= 0.3 is 6.18 Å². The van der Waals surface area contributed by atoms with Crippen LogP contribution in [0.25, 0.3) is 11.4 Å². The van der Waals surface area contributed by atoms with Gasteiger partial charge in [0.05, 0.1) is 23.7 Å². The lowest BCUT2D eigenvalue weighted by atomic mass is 10.2. The number of ether oxygens (including phenoxy) is 1.